The molecular weight excluding hydrogens is 372 g/mol. The van der Waals surface area contributed by atoms with Crippen LogP contribution in [0.2, 0.25) is 0 Å². The lowest BCUT2D eigenvalue weighted by atomic mass is 10.2. The Morgan fingerprint density at radius 3 is 2.59 bits per heavy atom. The lowest BCUT2D eigenvalue weighted by Crippen LogP contribution is -2.41. The Balaban J connectivity index is 1.68. The lowest BCUT2D eigenvalue weighted by molar-refractivity contribution is -0.123. The number of carbonyl (C=O) groups is 3. The van der Waals surface area contributed by atoms with Gasteiger partial charge >= 0.3 is 12.0 Å². The Morgan fingerprint density at radius 2 is 1.86 bits per heavy atom. The molecule has 3 aromatic rings. The van der Waals surface area contributed by atoms with E-state index in [0.717, 1.165) is 23.4 Å². The molecule has 8 heteroatoms. The van der Waals surface area contributed by atoms with Crippen molar-refractivity contribution >= 4 is 28.9 Å². The van der Waals surface area contributed by atoms with Gasteiger partial charge in [0.2, 0.25) is 0 Å². The van der Waals surface area contributed by atoms with E-state index < -0.39 is 24.5 Å². The van der Waals surface area contributed by atoms with Gasteiger partial charge in [-0.25, -0.2) is 14.6 Å². The van der Waals surface area contributed by atoms with Crippen molar-refractivity contribution in [2.75, 3.05) is 13.2 Å². The average Bonchev–Trinajstić information content (AvgIpc) is 3.05. The van der Waals surface area contributed by atoms with Gasteiger partial charge in [0.25, 0.3) is 5.91 Å². The molecule has 150 valence electrons. The molecule has 3 rings (SSSR count). The highest BCUT2D eigenvalue weighted by Crippen LogP contribution is 2.22. The molecule has 29 heavy (non-hydrogen) atoms. The van der Waals surface area contributed by atoms with E-state index in [2.05, 4.69) is 15.6 Å². The number of benzene rings is 2. The van der Waals surface area contributed by atoms with Gasteiger partial charge in [0, 0.05) is 12.2 Å². The second kappa shape index (κ2) is 9.01. The SMILES string of the molecule is CCCNC(=O)NC(=O)COC(=O)c1ccc2c(c1)nc(C)n2-c1ccccc1. The van der Waals surface area contributed by atoms with Crippen LogP contribution in [0.3, 0.4) is 0 Å². The van der Waals surface area contributed by atoms with Gasteiger partial charge in [-0.05, 0) is 43.7 Å². The van der Waals surface area contributed by atoms with Crippen molar-refractivity contribution in [3.63, 3.8) is 0 Å². The molecule has 0 fully saturated rings. The zero-order valence-corrected chi connectivity index (χ0v) is 16.3. The van der Waals surface area contributed by atoms with Crippen molar-refractivity contribution in [3.05, 3.63) is 59.9 Å². The van der Waals surface area contributed by atoms with Crippen LogP contribution in [-0.4, -0.2) is 40.6 Å². The number of aryl methyl sites for hydroxylation is 1. The minimum atomic E-state index is -0.697. The van der Waals surface area contributed by atoms with Gasteiger partial charge in [-0.1, -0.05) is 25.1 Å². The number of imide groups is 1. The normalized spacial score (nSPS) is 10.6. The predicted octanol–water partition coefficient (Wildman–Crippen LogP) is 2.73. The second-order valence-corrected chi connectivity index (χ2v) is 6.41. The fraction of sp³-hybridized carbons (Fsp3) is 0.238. The summed E-state index contributed by atoms with van der Waals surface area (Å²) in [5.41, 5.74) is 2.75. The molecule has 2 aromatic carbocycles. The van der Waals surface area contributed by atoms with Crippen LogP contribution in [0.25, 0.3) is 16.7 Å². The summed E-state index contributed by atoms with van der Waals surface area (Å²) in [5.74, 6) is -0.575. The number of urea groups is 1. The largest absolute Gasteiger partial charge is 0.452 e. The van der Waals surface area contributed by atoms with Gasteiger partial charge in [0.15, 0.2) is 6.61 Å². The second-order valence-electron chi connectivity index (χ2n) is 6.41. The van der Waals surface area contributed by atoms with E-state index in [9.17, 15) is 14.4 Å². The summed E-state index contributed by atoms with van der Waals surface area (Å²) in [6, 6.07) is 14.2. The quantitative estimate of drug-likeness (QED) is 0.626. The number of carbonyl (C=O) groups excluding carboxylic acids is 3. The number of rotatable bonds is 6. The maximum absolute atomic E-state index is 12.3. The third-order valence-electron chi connectivity index (χ3n) is 4.20. The van der Waals surface area contributed by atoms with Crippen LogP contribution >= 0.6 is 0 Å². The third kappa shape index (κ3) is 4.78. The van der Waals surface area contributed by atoms with Gasteiger partial charge in [-0.2, -0.15) is 0 Å². The average molecular weight is 394 g/mol. The Hall–Kier alpha value is -3.68. The summed E-state index contributed by atoms with van der Waals surface area (Å²) >= 11 is 0. The smallest absolute Gasteiger partial charge is 0.338 e. The van der Waals surface area contributed by atoms with Gasteiger partial charge in [-0.15, -0.1) is 0 Å². The molecule has 0 atom stereocenters. The Labute approximate surface area is 167 Å². The van der Waals surface area contributed by atoms with E-state index in [1.807, 2.05) is 48.7 Å². The number of nitrogens with zero attached hydrogens (tertiary/aromatic N) is 2. The number of imidazole rings is 1. The maximum atomic E-state index is 12.3. The fourth-order valence-electron chi connectivity index (χ4n) is 2.89. The van der Waals surface area contributed by atoms with Gasteiger partial charge < -0.3 is 10.1 Å². The molecule has 0 spiro atoms. The molecule has 2 N–H and O–H groups in total. The molecule has 0 saturated carbocycles. The zero-order chi connectivity index (χ0) is 20.8. The van der Waals surface area contributed by atoms with Crippen molar-refractivity contribution in [2.24, 2.45) is 0 Å². The number of para-hydroxylation sites is 1. The van der Waals surface area contributed by atoms with Crippen molar-refractivity contribution in [1.29, 1.82) is 0 Å². The molecule has 0 aliphatic heterocycles. The van der Waals surface area contributed by atoms with Gasteiger partial charge in [0.1, 0.15) is 5.82 Å². The molecule has 0 aliphatic carbocycles. The van der Waals surface area contributed by atoms with E-state index in [-0.39, 0.29) is 5.56 Å². The van der Waals surface area contributed by atoms with E-state index in [1.165, 1.54) is 0 Å². The van der Waals surface area contributed by atoms with Crippen molar-refractivity contribution in [1.82, 2.24) is 20.2 Å². The highest BCUT2D eigenvalue weighted by molar-refractivity contribution is 5.98. The summed E-state index contributed by atoms with van der Waals surface area (Å²) in [5, 5.41) is 4.60. The Morgan fingerprint density at radius 1 is 1.10 bits per heavy atom. The topological polar surface area (TPSA) is 102 Å². The number of hydrogen-bond acceptors (Lipinski definition) is 5. The Kier molecular flexibility index (Phi) is 6.23. The standard InChI is InChI=1S/C21H22N4O4/c1-3-11-22-21(28)24-19(26)13-29-20(27)15-9-10-18-17(12-15)23-14(2)25(18)16-7-5-4-6-8-16/h4-10,12H,3,11,13H2,1-2H3,(H2,22,24,26,28). The molecule has 1 aromatic heterocycles. The predicted molar refractivity (Wildman–Crippen MR) is 108 cm³/mol. The number of esters is 1. The minimum absolute atomic E-state index is 0.276. The minimum Gasteiger partial charge on any atom is -0.452 e. The maximum Gasteiger partial charge on any atom is 0.338 e. The summed E-state index contributed by atoms with van der Waals surface area (Å²) in [4.78, 5) is 39.9. The van der Waals surface area contributed by atoms with Crippen LogP contribution in [0.5, 0.6) is 0 Å². The molecular formula is C21H22N4O4. The molecule has 8 nitrogen and oxygen atoms in total. The first-order valence-electron chi connectivity index (χ1n) is 9.29. The van der Waals surface area contributed by atoms with E-state index in [1.54, 1.807) is 18.2 Å². The van der Waals surface area contributed by atoms with E-state index in [4.69, 9.17) is 4.74 Å². The lowest BCUT2D eigenvalue weighted by Gasteiger charge is -2.08. The highest BCUT2D eigenvalue weighted by Gasteiger charge is 2.15. The number of ether oxygens (including phenoxy) is 1. The number of amides is 3. The molecule has 0 radical (unpaired) electrons. The first kappa shape index (κ1) is 20.1. The van der Waals surface area contributed by atoms with Crippen LogP contribution in [-0.2, 0) is 9.53 Å². The van der Waals surface area contributed by atoms with Crippen molar-refractivity contribution < 1.29 is 19.1 Å². The molecule has 3 amide bonds. The van der Waals surface area contributed by atoms with Crippen molar-refractivity contribution in [3.8, 4) is 5.69 Å². The fourth-order valence-corrected chi connectivity index (χ4v) is 2.89. The van der Waals surface area contributed by atoms with E-state index in [0.29, 0.717) is 12.1 Å². The van der Waals surface area contributed by atoms with Crippen LogP contribution in [0.4, 0.5) is 4.79 Å². The molecule has 0 bridgehead atoms. The highest BCUT2D eigenvalue weighted by atomic mass is 16.5. The van der Waals surface area contributed by atoms with Gasteiger partial charge in [0.05, 0.1) is 16.6 Å². The Bertz CT molecular complexity index is 1040. The monoisotopic (exact) mass is 394 g/mol. The zero-order valence-electron chi connectivity index (χ0n) is 16.3. The first-order valence-corrected chi connectivity index (χ1v) is 9.29. The summed E-state index contributed by atoms with van der Waals surface area (Å²) in [6.07, 6.45) is 0.749. The number of aromatic nitrogens is 2. The number of fused-ring (bicyclic) bond motifs is 1. The summed E-state index contributed by atoms with van der Waals surface area (Å²) in [6.45, 7) is 3.69. The first-order chi connectivity index (χ1) is 14.0. The molecule has 0 unspecified atom stereocenters. The third-order valence-corrected chi connectivity index (χ3v) is 4.20. The molecule has 1 heterocycles. The molecule has 0 saturated heterocycles. The van der Waals surface area contributed by atoms with Crippen molar-refractivity contribution in [2.45, 2.75) is 20.3 Å². The molecule has 0 aliphatic rings. The number of hydrogen-bond donors (Lipinski definition) is 2. The van der Waals surface area contributed by atoms with Crippen LogP contribution < -0.4 is 10.6 Å². The summed E-state index contributed by atoms with van der Waals surface area (Å²) < 4.78 is 6.99. The number of nitrogens with one attached hydrogen (secondary N) is 2. The van der Waals surface area contributed by atoms with Crippen LogP contribution in [0.15, 0.2) is 48.5 Å². The van der Waals surface area contributed by atoms with E-state index >= 15 is 0 Å². The van der Waals surface area contributed by atoms with Crippen LogP contribution in [0.1, 0.15) is 29.5 Å². The van der Waals surface area contributed by atoms with Gasteiger partial charge in [-0.3, -0.25) is 14.7 Å². The summed E-state index contributed by atoms with van der Waals surface area (Å²) in [7, 11) is 0. The van der Waals surface area contributed by atoms with Crippen LogP contribution in [0, 0.1) is 6.92 Å².